The lowest BCUT2D eigenvalue weighted by atomic mass is 10.2. The van der Waals surface area contributed by atoms with Gasteiger partial charge in [0.15, 0.2) is 0 Å². The number of benzene rings is 1. The van der Waals surface area contributed by atoms with E-state index in [4.69, 9.17) is 0 Å². The number of carbonyl (C=O) groups excluding carboxylic acids is 1. The van der Waals surface area contributed by atoms with Crippen molar-refractivity contribution in [3.63, 3.8) is 0 Å². The Hall–Kier alpha value is -3.03. The van der Waals surface area contributed by atoms with Crippen molar-refractivity contribution in [3.05, 3.63) is 36.0 Å². The summed E-state index contributed by atoms with van der Waals surface area (Å²) in [6.07, 6.45) is 0. The van der Waals surface area contributed by atoms with E-state index in [0.29, 0.717) is 5.78 Å². The van der Waals surface area contributed by atoms with Crippen LogP contribution in [0.15, 0.2) is 30.3 Å². The normalized spacial score (nSPS) is 10.6. The summed E-state index contributed by atoms with van der Waals surface area (Å²) >= 11 is 0. The lowest BCUT2D eigenvalue weighted by Crippen LogP contribution is -2.06. The largest absolute Gasteiger partial charge is 0.340 e. The number of amides is 1. The van der Waals surface area contributed by atoms with Gasteiger partial charge in [0.05, 0.1) is 0 Å². The van der Waals surface area contributed by atoms with E-state index in [9.17, 15) is 4.79 Å². The first-order chi connectivity index (χ1) is 10.1. The number of carbonyl (C=O) groups is 1. The number of nitrogens with zero attached hydrogens (tertiary/aromatic N) is 5. The molecule has 2 heterocycles. The number of nitrogens with one attached hydrogen (secondary N) is 2. The molecule has 106 valence electrons. The third-order valence-electron chi connectivity index (χ3n) is 2.78. The number of aromatic nitrogens is 5. The quantitative estimate of drug-likeness (QED) is 0.756. The monoisotopic (exact) mass is 283 g/mol. The zero-order chi connectivity index (χ0) is 14.8. The van der Waals surface area contributed by atoms with Crippen LogP contribution in [0.25, 0.3) is 5.78 Å². The molecule has 3 aromatic rings. The Bertz CT molecular complexity index is 794. The maximum atomic E-state index is 11.0. The molecule has 3 rings (SSSR count). The average Bonchev–Trinajstić information content (AvgIpc) is 2.88. The van der Waals surface area contributed by atoms with Gasteiger partial charge in [0.25, 0.3) is 5.78 Å². The van der Waals surface area contributed by atoms with Gasteiger partial charge in [-0.25, -0.2) is 4.98 Å². The second-order valence-electron chi connectivity index (χ2n) is 4.56. The third kappa shape index (κ3) is 2.78. The third-order valence-corrected chi connectivity index (χ3v) is 2.78. The standard InChI is InChI=1S/C13H13N7O/c1-8-7-12(20-13(14-8)17-18-19-20)16-11-5-3-10(4-6-11)15-9(2)21/h3-7,16H,1-2H3,(H,15,21). The maximum Gasteiger partial charge on any atom is 0.275 e. The zero-order valence-electron chi connectivity index (χ0n) is 11.5. The molecule has 2 aromatic heterocycles. The van der Waals surface area contributed by atoms with E-state index in [-0.39, 0.29) is 5.91 Å². The van der Waals surface area contributed by atoms with E-state index in [1.807, 2.05) is 37.3 Å². The predicted molar refractivity (Wildman–Crippen MR) is 77.3 cm³/mol. The van der Waals surface area contributed by atoms with Gasteiger partial charge in [-0.15, -0.1) is 0 Å². The Morgan fingerprint density at radius 3 is 2.62 bits per heavy atom. The number of fused-ring (bicyclic) bond motifs is 1. The summed E-state index contributed by atoms with van der Waals surface area (Å²) in [5.41, 5.74) is 2.41. The number of rotatable bonds is 3. The fourth-order valence-corrected chi connectivity index (χ4v) is 1.93. The van der Waals surface area contributed by atoms with Crippen molar-refractivity contribution in [2.75, 3.05) is 10.6 Å². The van der Waals surface area contributed by atoms with E-state index in [0.717, 1.165) is 22.9 Å². The molecule has 0 saturated heterocycles. The lowest BCUT2D eigenvalue weighted by Gasteiger charge is -2.09. The van der Waals surface area contributed by atoms with Crippen LogP contribution in [0, 0.1) is 6.92 Å². The van der Waals surface area contributed by atoms with Crippen LogP contribution in [0.1, 0.15) is 12.6 Å². The minimum absolute atomic E-state index is 0.101. The summed E-state index contributed by atoms with van der Waals surface area (Å²) in [5.74, 6) is 1.05. The maximum absolute atomic E-state index is 11.0. The van der Waals surface area contributed by atoms with Gasteiger partial charge in [-0.3, -0.25) is 4.79 Å². The fraction of sp³-hybridized carbons (Fsp3) is 0.154. The summed E-state index contributed by atoms with van der Waals surface area (Å²) in [6, 6.07) is 9.20. The van der Waals surface area contributed by atoms with E-state index in [2.05, 4.69) is 31.1 Å². The lowest BCUT2D eigenvalue weighted by molar-refractivity contribution is -0.114. The Morgan fingerprint density at radius 1 is 1.19 bits per heavy atom. The van der Waals surface area contributed by atoms with Crippen LogP contribution in [0.2, 0.25) is 0 Å². The zero-order valence-corrected chi connectivity index (χ0v) is 11.5. The molecule has 0 unspecified atom stereocenters. The van der Waals surface area contributed by atoms with Crippen molar-refractivity contribution >= 4 is 28.9 Å². The summed E-state index contributed by atoms with van der Waals surface area (Å²) in [5, 5.41) is 17.3. The summed E-state index contributed by atoms with van der Waals surface area (Å²) in [6.45, 7) is 3.35. The van der Waals surface area contributed by atoms with Gasteiger partial charge in [0.2, 0.25) is 5.91 Å². The highest BCUT2D eigenvalue weighted by molar-refractivity contribution is 5.88. The van der Waals surface area contributed by atoms with E-state index in [1.165, 1.54) is 11.4 Å². The van der Waals surface area contributed by atoms with Crippen LogP contribution in [0.4, 0.5) is 17.2 Å². The topological polar surface area (TPSA) is 97.1 Å². The average molecular weight is 283 g/mol. The van der Waals surface area contributed by atoms with Gasteiger partial charge in [-0.2, -0.15) is 4.52 Å². The Morgan fingerprint density at radius 2 is 1.90 bits per heavy atom. The van der Waals surface area contributed by atoms with Crippen LogP contribution in [0.5, 0.6) is 0 Å². The first-order valence-corrected chi connectivity index (χ1v) is 6.32. The van der Waals surface area contributed by atoms with Gasteiger partial charge in [0.1, 0.15) is 5.82 Å². The van der Waals surface area contributed by atoms with Crippen LogP contribution in [0.3, 0.4) is 0 Å². The van der Waals surface area contributed by atoms with Crippen molar-refractivity contribution < 1.29 is 4.79 Å². The second kappa shape index (κ2) is 5.16. The molecule has 8 nitrogen and oxygen atoms in total. The molecule has 0 spiro atoms. The summed E-state index contributed by atoms with van der Waals surface area (Å²) < 4.78 is 1.52. The molecular formula is C13H13N7O. The Kier molecular flexibility index (Phi) is 3.19. The number of tetrazole rings is 1. The molecule has 0 saturated carbocycles. The van der Waals surface area contributed by atoms with Crippen molar-refractivity contribution in [1.82, 2.24) is 25.0 Å². The summed E-state index contributed by atoms with van der Waals surface area (Å²) in [4.78, 5) is 15.2. The van der Waals surface area contributed by atoms with E-state index in [1.54, 1.807) is 0 Å². The van der Waals surface area contributed by atoms with Crippen molar-refractivity contribution in [3.8, 4) is 0 Å². The van der Waals surface area contributed by atoms with Crippen molar-refractivity contribution in [2.24, 2.45) is 0 Å². The first-order valence-electron chi connectivity index (χ1n) is 6.32. The Balaban J connectivity index is 1.88. The van der Waals surface area contributed by atoms with Crippen LogP contribution >= 0.6 is 0 Å². The molecule has 8 heteroatoms. The smallest absolute Gasteiger partial charge is 0.275 e. The highest BCUT2D eigenvalue weighted by Crippen LogP contribution is 2.19. The molecule has 0 fully saturated rings. The van der Waals surface area contributed by atoms with Crippen LogP contribution in [-0.4, -0.2) is 30.9 Å². The molecule has 2 N–H and O–H groups in total. The van der Waals surface area contributed by atoms with Gasteiger partial charge in [-0.1, -0.05) is 5.10 Å². The Labute approximate surface area is 120 Å². The molecular weight excluding hydrogens is 270 g/mol. The number of aryl methyl sites for hydroxylation is 1. The first kappa shape index (κ1) is 13.0. The van der Waals surface area contributed by atoms with Gasteiger partial charge < -0.3 is 10.6 Å². The van der Waals surface area contributed by atoms with Crippen LogP contribution < -0.4 is 10.6 Å². The minimum Gasteiger partial charge on any atom is -0.340 e. The van der Waals surface area contributed by atoms with Gasteiger partial charge >= 0.3 is 0 Å². The molecule has 0 bridgehead atoms. The summed E-state index contributed by atoms with van der Waals surface area (Å²) in [7, 11) is 0. The number of hydrogen-bond donors (Lipinski definition) is 2. The second-order valence-corrected chi connectivity index (χ2v) is 4.56. The molecule has 1 aromatic carbocycles. The van der Waals surface area contributed by atoms with Gasteiger partial charge in [0, 0.05) is 30.1 Å². The van der Waals surface area contributed by atoms with E-state index < -0.39 is 0 Å². The van der Waals surface area contributed by atoms with Crippen molar-refractivity contribution in [2.45, 2.75) is 13.8 Å². The molecule has 1 amide bonds. The molecule has 0 aliphatic rings. The number of hydrogen-bond acceptors (Lipinski definition) is 6. The SMILES string of the molecule is CC(=O)Nc1ccc(Nc2cc(C)nc3nnnn23)cc1. The van der Waals surface area contributed by atoms with Gasteiger partial charge in [-0.05, 0) is 41.6 Å². The minimum atomic E-state index is -0.101. The van der Waals surface area contributed by atoms with Crippen molar-refractivity contribution in [1.29, 1.82) is 0 Å². The van der Waals surface area contributed by atoms with E-state index >= 15 is 0 Å². The highest BCUT2D eigenvalue weighted by atomic mass is 16.1. The molecule has 0 radical (unpaired) electrons. The molecule has 0 aliphatic heterocycles. The predicted octanol–water partition coefficient (Wildman–Crippen LogP) is 1.53. The molecule has 0 aliphatic carbocycles. The highest BCUT2D eigenvalue weighted by Gasteiger charge is 2.07. The van der Waals surface area contributed by atoms with Crippen LogP contribution in [-0.2, 0) is 4.79 Å². The number of anilines is 3. The fourth-order valence-electron chi connectivity index (χ4n) is 1.93. The molecule has 21 heavy (non-hydrogen) atoms. The molecule has 0 atom stereocenters.